The maximum Gasteiger partial charge on any atom is 0.337 e. The smallest absolute Gasteiger partial charge is 0.337 e. The molecular formula is C47H80O13. The zero-order valence-corrected chi connectivity index (χ0v) is 39.0. The second-order valence-corrected chi connectivity index (χ2v) is 19.0. The fourth-order valence-electron chi connectivity index (χ4n) is 8.30. The Balaban J connectivity index is 2.06. The van der Waals surface area contributed by atoms with Crippen molar-refractivity contribution in [1.82, 2.24) is 0 Å². The van der Waals surface area contributed by atoms with Crippen molar-refractivity contribution in [2.45, 2.75) is 201 Å². The van der Waals surface area contributed by atoms with Crippen molar-refractivity contribution in [2.24, 2.45) is 35.5 Å². The minimum absolute atomic E-state index is 0.0228. The van der Waals surface area contributed by atoms with Gasteiger partial charge in [0.2, 0.25) is 0 Å². The van der Waals surface area contributed by atoms with Crippen molar-refractivity contribution >= 4 is 23.7 Å². The van der Waals surface area contributed by atoms with E-state index < -0.39 is 83.6 Å². The van der Waals surface area contributed by atoms with E-state index in [0.717, 1.165) is 38.5 Å². The molecule has 0 bridgehead atoms. The molecule has 346 valence electrons. The standard InChI is InChI=1S/C47H80O13/c1-15-28(5)17-20-38-29(6)21-23-47(58-38)24-22-31(8)42(59-47)30(7)18-19-34(48)32(9)35(49)25-37(51)43(55-14)41(27(3)4)57-39(52)26-36(50)40(33(10)44(53)56-16-2)45(54)60-46(11,12)13/h15,27-32,34,36-38,41-43,48,50-51H,1,16-26H2,2-14H3/b40-33-/t28-,29-,30-,31+,32+,34+,36-,37-,38+,41-,42+,43+,47-/m1/s1. The van der Waals surface area contributed by atoms with Gasteiger partial charge in [0.1, 0.15) is 23.6 Å². The van der Waals surface area contributed by atoms with Crippen LogP contribution in [-0.2, 0) is 47.6 Å². The maximum atomic E-state index is 13.5. The van der Waals surface area contributed by atoms with Gasteiger partial charge in [-0.3, -0.25) is 9.59 Å². The van der Waals surface area contributed by atoms with Crippen molar-refractivity contribution in [3.8, 4) is 0 Å². The molecule has 0 aromatic rings. The summed E-state index contributed by atoms with van der Waals surface area (Å²) in [7, 11) is 1.32. The molecule has 0 saturated carbocycles. The van der Waals surface area contributed by atoms with E-state index in [9.17, 15) is 34.5 Å². The van der Waals surface area contributed by atoms with E-state index in [1.807, 2.05) is 6.08 Å². The van der Waals surface area contributed by atoms with Crippen LogP contribution in [0.4, 0.5) is 0 Å². The van der Waals surface area contributed by atoms with Gasteiger partial charge in [0.05, 0.1) is 49.1 Å². The summed E-state index contributed by atoms with van der Waals surface area (Å²) in [4.78, 5) is 52.4. The summed E-state index contributed by atoms with van der Waals surface area (Å²) in [6, 6.07) is 0. The topological polar surface area (TPSA) is 184 Å². The molecule has 2 fully saturated rings. The fraction of sp³-hybridized carbons (Fsp3) is 0.830. The number of allylic oxidation sites excluding steroid dienone is 1. The van der Waals surface area contributed by atoms with E-state index in [2.05, 4.69) is 34.3 Å². The lowest BCUT2D eigenvalue weighted by molar-refractivity contribution is -0.338. The van der Waals surface area contributed by atoms with Crippen LogP contribution < -0.4 is 0 Å². The Hall–Kier alpha value is -2.68. The van der Waals surface area contributed by atoms with Gasteiger partial charge in [-0.1, -0.05) is 54.5 Å². The molecule has 2 rings (SSSR count). The van der Waals surface area contributed by atoms with Gasteiger partial charge in [-0.2, -0.15) is 0 Å². The van der Waals surface area contributed by atoms with E-state index in [1.54, 1.807) is 48.5 Å². The Morgan fingerprint density at radius 2 is 1.48 bits per heavy atom. The summed E-state index contributed by atoms with van der Waals surface area (Å²) in [5.74, 6) is -3.66. The largest absolute Gasteiger partial charge is 0.463 e. The molecule has 0 aliphatic carbocycles. The molecule has 13 atom stereocenters. The van der Waals surface area contributed by atoms with Crippen LogP contribution in [-0.4, -0.2) is 107 Å². The third kappa shape index (κ3) is 15.9. The molecule has 2 aliphatic heterocycles. The second kappa shape index (κ2) is 24.2. The average Bonchev–Trinajstić information content (AvgIpc) is 3.16. The quantitative estimate of drug-likeness (QED) is 0.0406. The van der Waals surface area contributed by atoms with Gasteiger partial charge in [-0.15, -0.1) is 6.58 Å². The number of hydrogen-bond acceptors (Lipinski definition) is 13. The third-order valence-electron chi connectivity index (χ3n) is 12.4. The van der Waals surface area contributed by atoms with Crippen LogP contribution in [0.1, 0.15) is 147 Å². The summed E-state index contributed by atoms with van der Waals surface area (Å²) in [5, 5.41) is 33.6. The van der Waals surface area contributed by atoms with Gasteiger partial charge >= 0.3 is 17.9 Å². The first-order chi connectivity index (χ1) is 27.9. The van der Waals surface area contributed by atoms with Crippen LogP contribution in [0.3, 0.4) is 0 Å². The Morgan fingerprint density at radius 1 is 0.867 bits per heavy atom. The van der Waals surface area contributed by atoms with Gasteiger partial charge < -0.3 is 43.7 Å². The van der Waals surface area contributed by atoms with Gasteiger partial charge in [0.15, 0.2) is 5.79 Å². The summed E-state index contributed by atoms with van der Waals surface area (Å²) in [6.07, 6.45) is 1.36. The molecule has 2 heterocycles. The number of Topliss-reactive ketones (excluding diaryl/α,β-unsaturated/α-hetero) is 1. The summed E-state index contributed by atoms with van der Waals surface area (Å²) >= 11 is 0. The second-order valence-electron chi connectivity index (χ2n) is 19.0. The van der Waals surface area contributed by atoms with Crippen LogP contribution in [0, 0.1) is 35.5 Å². The predicted octanol–water partition coefficient (Wildman–Crippen LogP) is 7.20. The van der Waals surface area contributed by atoms with E-state index in [4.69, 9.17) is 28.4 Å². The number of ether oxygens (including phenoxy) is 6. The molecular weight excluding hydrogens is 773 g/mol. The average molecular weight is 853 g/mol. The first-order valence-electron chi connectivity index (χ1n) is 22.3. The highest BCUT2D eigenvalue weighted by Gasteiger charge is 2.48. The molecule has 3 N–H and O–H groups in total. The molecule has 0 amide bonds. The Labute approximate surface area is 360 Å². The molecule has 2 saturated heterocycles. The lowest BCUT2D eigenvalue weighted by Gasteiger charge is -2.51. The number of hydrogen-bond donors (Lipinski definition) is 3. The minimum atomic E-state index is -1.78. The van der Waals surface area contributed by atoms with Crippen LogP contribution in [0.25, 0.3) is 0 Å². The predicted molar refractivity (Wildman–Crippen MR) is 228 cm³/mol. The molecule has 0 aromatic heterocycles. The summed E-state index contributed by atoms with van der Waals surface area (Å²) in [5.41, 5.74) is -1.61. The van der Waals surface area contributed by atoms with Crippen LogP contribution in [0.2, 0.25) is 0 Å². The number of methoxy groups -OCH3 is 1. The molecule has 13 nitrogen and oxygen atoms in total. The highest BCUT2D eigenvalue weighted by molar-refractivity contribution is 6.01. The van der Waals surface area contributed by atoms with Crippen molar-refractivity contribution in [2.75, 3.05) is 13.7 Å². The van der Waals surface area contributed by atoms with E-state index >= 15 is 0 Å². The van der Waals surface area contributed by atoms with Crippen molar-refractivity contribution in [1.29, 1.82) is 0 Å². The number of esters is 3. The van der Waals surface area contributed by atoms with Crippen molar-refractivity contribution in [3.63, 3.8) is 0 Å². The molecule has 0 aromatic carbocycles. The molecule has 13 heteroatoms. The third-order valence-corrected chi connectivity index (χ3v) is 12.4. The summed E-state index contributed by atoms with van der Waals surface area (Å²) in [6.45, 7) is 25.6. The summed E-state index contributed by atoms with van der Waals surface area (Å²) < 4.78 is 35.4. The van der Waals surface area contributed by atoms with Gasteiger partial charge in [-0.25, -0.2) is 9.59 Å². The lowest BCUT2D eigenvalue weighted by Crippen LogP contribution is -2.53. The number of carbonyl (C=O) groups is 4. The molecule has 60 heavy (non-hydrogen) atoms. The lowest BCUT2D eigenvalue weighted by atomic mass is 9.79. The zero-order chi connectivity index (χ0) is 45.7. The minimum Gasteiger partial charge on any atom is -0.463 e. The molecule has 2 aliphatic rings. The Morgan fingerprint density at radius 3 is 2.03 bits per heavy atom. The van der Waals surface area contributed by atoms with Crippen molar-refractivity contribution in [3.05, 3.63) is 23.8 Å². The number of carbonyl (C=O) groups excluding carboxylic acids is 4. The molecule has 0 radical (unpaired) electrons. The van der Waals surface area contributed by atoms with E-state index in [-0.39, 0.29) is 42.5 Å². The SMILES string of the molecule is C=C[C@@H](C)CC[C@@H]1O[C@@]2(CC[C@H]1C)CC[C@H](C)[C@H]([C@H](C)CC[C@H](O)[C@H](C)C(=O)C[C@@H](O)[C@H](OC)[C@H](OC(=O)C[C@@H](O)/C(C(=O)OC(C)(C)C)=C(\C)C(=O)OCC)C(C)C)O2. The van der Waals surface area contributed by atoms with Crippen LogP contribution in [0.15, 0.2) is 23.8 Å². The van der Waals surface area contributed by atoms with E-state index in [1.165, 1.54) is 14.0 Å². The Kier molecular flexibility index (Phi) is 21.6. The van der Waals surface area contributed by atoms with Gasteiger partial charge in [0.25, 0.3) is 0 Å². The highest BCUT2D eigenvalue weighted by atomic mass is 16.7. The van der Waals surface area contributed by atoms with Crippen LogP contribution in [0.5, 0.6) is 0 Å². The van der Waals surface area contributed by atoms with Crippen LogP contribution >= 0.6 is 0 Å². The maximum absolute atomic E-state index is 13.5. The number of aliphatic hydroxyl groups is 3. The molecule has 1 spiro atoms. The van der Waals surface area contributed by atoms with E-state index in [0.29, 0.717) is 30.6 Å². The fourth-order valence-corrected chi connectivity index (χ4v) is 8.30. The normalized spacial score (nSPS) is 26.8. The number of rotatable bonds is 23. The van der Waals surface area contributed by atoms with Gasteiger partial charge in [0, 0.05) is 37.9 Å². The number of ketones is 1. The number of aliphatic hydroxyl groups excluding tert-OH is 3. The Bertz CT molecular complexity index is 1430. The highest BCUT2D eigenvalue weighted by Crippen LogP contribution is 2.45. The van der Waals surface area contributed by atoms with Gasteiger partial charge in [-0.05, 0) is 103 Å². The first kappa shape index (κ1) is 53.5. The zero-order valence-electron chi connectivity index (χ0n) is 39.0. The molecule has 0 unspecified atom stereocenters. The van der Waals surface area contributed by atoms with Crippen molar-refractivity contribution < 1.29 is 62.9 Å². The first-order valence-corrected chi connectivity index (χ1v) is 22.3. The monoisotopic (exact) mass is 853 g/mol.